The summed E-state index contributed by atoms with van der Waals surface area (Å²) in [5, 5.41) is 0. The molecule has 0 saturated heterocycles. The van der Waals surface area contributed by atoms with Crippen molar-refractivity contribution in [3.63, 3.8) is 0 Å². The number of nitrogens with zero attached hydrogens (tertiary/aromatic N) is 1. The number of nitrogens with one attached hydrogen (secondary N) is 1. The van der Waals surface area contributed by atoms with Crippen LogP contribution in [0.5, 0.6) is 5.75 Å². The van der Waals surface area contributed by atoms with Gasteiger partial charge in [-0.2, -0.15) is 13.2 Å². The van der Waals surface area contributed by atoms with Gasteiger partial charge in [-0.25, -0.2) is 4.98 Å². The van der Waals surface area contributed by atoms with Crippen LogP contribution in [0.1, 0.15) is 36.3 Å². The van der Waals surface area contributed by atoms with Crippen LogP contribution in [-0.4, -0.2) is 23.7 Å². The van der Waals surface area contributed by atoms with E-state index in [2.05, 4.69) is 16.9 Å². The number of hydrogen-bond acceptors (Lipinski definition) is 3. The number of methoxy groups -OCH3 is 1. The van der Waals surface area contributed by atoms with Crippen molar-refractivity contribution < 1.29 is 22.6 Å². The van der Waals surface area contributed by atoms with E-state index in [1.165, 1.54) is 12.1 Å². The lowest BCUT2D eigenvalue weighted by Crippen LogP contribution is -2.30. The second-order valence-corrected chi connectivity index (χ2v) is 7.54. The number of aromatic nitrogens is 2. The monoisotopic (exact) mass is 432 g/mol. The zero-order valence-corrected chi connectivity index (χ0v) is 17.6. The van der Waals surface area contributed by atoms with Crippen molar-refractivity contribution in [2.24, 2.45) is 11.8 Å². The molecule has 3 rings (SSSR count). The predicted octanol–water partition coefficient (Wildman–Crippen LogP) is 6.08. The van der Waals surface area contributed by atoms with Gasteiger partial charge in [-0.3, -0.25) is 0 Å². The zero-order valence-electron chi connectivity index (χ0n) is 17.6. The van der Waals surface area contributed by atoms with Gasteiger partial charge in [0.15, 0.2) is 0 Å². The molecule has 4 nitrogen and oxygen atoms in total. The molecule has 0 aliphatic heterocycles. The van der Waals surface area contributed by atoms with Crippen LogP contribution >= 0.6 is 0 Å². The molecule has 2 aromatic carbocycles. The van der Waals surface area contributed by atoms with Gasteiger partial charge >= 0.3 is 6.18 Å². The molecule has 7 heteroatoms. The molecule has 0 saturated carbocycles. The molecule has 31 heavy (non-hydrogen) atoms. The molecule has 0 amide bonds. The fourth-order valence-electron chi connectivity index (χ4n) is 3.94. The molecule has 3 atom stereocenters. The van der Waals surface area contributed by atoms with Crippen molar-refractivity contribution >= 4 is 0 Å². The van der Waals surface area contributed by atoms with E-state index < -0.39 is 11.7 Å². The Kier molecular flexibility index (Phi) is 7.74. The molecule has 0 bridgehead atoms. The molecule has 1 heterocycles. The fraction of sp³-hybridized carbons (Fsp3) is 0.375. The van der Waals surface area contributed by atoms with Gasteiger partial charge in [0.25, 0.3) is 0 Å². The fourth-order valence-corrected chi connectivity index (χ4v) is 3.94. The number of benzene rings is 2. The van der Waals surface area contributed by atoms with Crippen LogP contribution < -0.4 is 4.74 Å². The number of H-pyrrole nitrogens is 1. The second-order valence-electron chi connectivity index (χ2n) is 7.54. The normalized spacial score (nSPS) is 14.7. The third kappa shape index (κ3) is 6.10. The highest BCUT2D eigenvalue weighted by Gasteiger charge is 2.33. The molecule has 0 aliphatic carbocycles. The summed E-state index contributed by atoms with van der Waals surface area (Å²) in [6.45, 7) is 2.61. The summed E-state index contributed by atoms with van der Waals surface area (Å²) >= 11 is 0. The Morgan fingerprint density at radius 3 is 2.29 bits per heavy atom. The summed E-state index contributed by atoms with van der Waals surface area (Å²) in [7, 11) is 1.67. The first-order valence-corrected chi connectivity index (χ1v) is 10.3. The van der Waals surface area contributed by atoms with E-state index in [0.717, 1.165) is 36.2 Å². The largest absolute Gasteiger partial charge is 0.485 e. The van der Waals surface area contributed by atoms with Crippen molar-refractivity contribution in [2.45, 2.75) is 32.0 Å². The number of halogens is 3. The number of ether oxygens (including phenoxy) is 2. The number of aromatic amines is 1. The Hall–Kier alpha value is -2.80. The van der Waals surface area contributed by atoms with E-state index in [4.69, 9.17) is 9.47 Å². The molecule has 1 aromatic heterocycles. The molecular weight excluding hydrogens is 405 g/mol. The maximum absolute atomic E-state index is 12.9. The van der Waals surface area contributed by atoms with Gasteiger partial charge in [0.1, 0.15) is 11.9 Å². The molecule has 1 N–H and O–H groups in total. The number of imidazole rings is 1. The van der Waals surface area contributed by atoms with Gasteiger partial charge in [0.05, 0.1) is 11.9 Å². The van der Waals surface area contributed by atoms with Crippen LogP contribution in [0.2, 0.25) is 0 Å². The molecule has 166 valence electrons. The summed E-state index contributed by atoms with van der Waals surface area (Å²) in [6.07, 6.45) is 0.258. The smallest absolute Gasteiger partial charge is 0.416 e. The van der Waals surface area contributed by atoms with E-state index in [1.54, 1.807) is 19.6 Å². The van der Waals surface area contributed by atoms with Crippen molar-refractivity contribution in [3.05, 3.63) is 83.9 Å². The maximum atomic E-state index is 12.9. The lowest BCUT2D eigenvalue weighted by atomic mass is 9.80. The minimum absolute atomic E-state index is 0.0629. The first kappa shape index (κ1) is 22.9. The quantitative estimate of drug-likeness (QED) is 0.422. The lowest BCUT2D eigenvalue weighted by molar-refractivity contribution is -0.137. The van der Waals surface area contributed by atoms with Crippen molar-refractivity contribution in [1.29, 1.82) is 0 Å². The molecule has 2 unspecified atom stereocenters. The van der Waals surface area contributed by atoms with Crippen LogP contribution in [0.4, 0.5) is 13.2 Å². The van der Waals surface area contributed by atoms with Crippen LogP contribution in [0, 0.1) is 11.8 Å². The van der Waals surface area contributed by atoms with Crippen LogP contribution in [0.15, 0.2) is 67.1 Å². The summed E-state index contributed by atoms with van der Waals surface area (Å²) in [5.41, 5.74) is 1.28. The third-order valence-corrected chi connectivity index (χ3v) is 5.46. The first-order valence-electron chi connectivity index (χ1n) is 10.3. The SMILES string of the molecule is CC[C@H](C(COC)Cc1cnc[nH]1)C(Oc1ccc(C(F)(F)F)cc1)c1ccccc1. The Labute approximate surface area is 180 Å². The Bertz CT molecular complexity index is 897. The second kappa shape index (κ2) is 10.5. The topological polar surface area (TPSA) is 47.1 Å². The van der Waals surface area contributed by atoms with Gasteiger partial charge in [0, 0.05) is 31.5 Å². The Morgan fingerprint density at radius 2 is 1.74 bits per heavy atom. The molecule has 0 spiro atoms. The van der Waals surface area contributed by atoms with Gasteiger partial charge < -0.3 is 14.5 Å². The molecular formula is C24H27F3N2O2. The minimum Gasteiger partial charge on any atom is -0.485 e. The average molecular weight is 432 g/mol. The summed E-state index contributed by atoms with van der Waals surface area (Å²) < 4.78 is 50.6. The Balaban J connectivity index is 1.91. The summed E-state index contributed by atoms with van der Waals surface area (Å²) in [6, 6.07) is 14.6. The predicted molar refractivity (Wildman–Crippen MR) is 113 cm³/mol. The maximum Gasteiger partial charge on any atom is 0.416 e. The average Bonchev–Trinajstić information content (AvgIpc) is 3.27. The van der Waals surface area contributed by atoms with Crippen LogP contribution in [-0.2, 0) is 17.3 Å². The van der Waals surface area contributed by atoms with E-state index >= 15 is 0 Å². The van der Waals surface area contributed by atoms with E-state index in [9.17, 15) is 13.2 Å². The number of alkyl halides is 3. The lowest BCUT2D eigenvalue weighted by Gasteiger charge is -2.33. The standard InChI is InChI=1S/C24H27F3N2O2/c1-3-22(18(15-30-2)13-20-14-28-16-29-20)23(17-7-5-4-6-8-17)31-21-11-9-19(10-12-21)24(25,26)27/h4-12,14,16,18,22-23H,3,13,15H2,1-2H3,(H,28,29)/t18?,22-,23?/m1/s1. The summed E-state index contributed by atoms with van der Waals surface area (Å²) in [5.74, 6) is 0.584. The molecule has 0 aliphatic rings. The number of hydrogen-bond donors (Lipinski definition) is 1. The first-order chi connectivity index (χ1) is 14.9. The van der Waals surface area contributed by atoms with E-state index in [1.807, 2.05) is 30.3 Å². The van der Waals surface area contributed by atoms with E-state index in [0.29, 0.717) is 12.4 Å². The van der Waals surface area contributed by atoms with Gasteiger partial charge in [0.2, 0.25) is 0 Å². The van der Waals surface area contributed by atoms with Crippen LogP contribution in [0.25, 0.3) is 0 Å². The highest BCUT2D eigenvalue weighted by atomic mass is 19.4. The highest BCUT2D eigenvalue weighted by Crippen LogP contribution is 2.37. The van der Waals surface area contributed by atoms with E-state index in [-0.39, 0.29) is 17.9 Å². The minimum atomic E-state index is -4.38. The van der Waals surface area contributed by atoms with Gasteiger partial charge in [-0.1, -0.05) is 37.3 Å². The van der Waals surface area contributed by atoms with Crippen molar-refractivity contribution in [3.8, 4) is 5.75 Å². The van der Waals surface area contributed by atoms with Gasteiger partial charge in [-0.05, 0) is 48.6 Å². The Morgan fingerprint density at radius 1 is 1.03 bits per heavy atom. The number of rotatable bonds is 10. The molecule has 3 aromatic rings. The molecule has 0 radical (unpaired) electrons. The van der Waals surface area contributed by atoms with Crippen LogP contribution in [0.3, 0.4) is 0 Å². The summed E-state index contributed by atoms with van der Waals surface area (Å²) in [4.78, 5) is 7.24. The molecule has 0 fully saturated rings. The van der Waals surface area contributed by atoms with Crippen molar-refractivity contribution in [1.82, 2.24) is 9.97 Å². The van der Waals surface area contributed by atoms with Crippen molar-refractivity contribution in [2.75, 3.05) is 13.7 Å². The third-order valence-electron chi connectivity index (χ3n) is 5.46. The zero-order chi connectivity index (χ0) is 22.3. The highest BCUT2D eigenvalue weighted by molar-refractivity contribution is 5.30. The van der Waals surface area contributed by atoms with Gasteiger partial charge in [-0.15, -0.1) is 0 Å².